The summed E-state index contributed by atoms with van der Waals surface area (Å²) in [4.78, 5) is 11.0. The van der Waals surface area contributed by atoms with E-state index in [1.165, 1.54) is 13.0 Å². The van der Waals surface area contributed by atoms with E-state index in [9.17, 15) is 9.18 Å². The zero-order chi connectivity index (χ0) is 10.8. The van der Waals surface area contributed by atoms with Crippen molar-refractivity contribution < 1.29 is 9.18 Å². The molecule has 0 spiro atoms. The molecule has 0 heterocycles. The number of hydrogen-bond donors (Lipinski definition) is 1. The largest absolute Gasteiger partial charge is 0.349 e. The molecule has 1 aliphatic carbocycles. The van der Waals surface area contributed by atoms with Gasteiger partial charge in [0.05, 0.1) is 6.04 Å². The predicted octanol–water partition coefficient (Wildman–Crippen LogP) is 2.58. The van der Waals surface area contributed by atoms with E-state index in [4.69, 9.17) is 0 Å². The second kappa shape index (κ2) is 3.85. The maximum Gasteiger partial charge on any atom is 0.217 e. The van der Waals surface area contributed by atoms with Crippen molar-refractivity contribution in [1.29, 1.82) is 0 Å². The Balaban J connectivity index is 2.37. The second-order valence-corrected chi connectivity index (χ2v) is 3.63. The Morgan fingerprint density at radius 3 is 2.93 bits per heavy atom. The molecule has 1 atom stereocenters. The summed E-state index contributed by atoms with van der Waals surface area (Å²) in [6, 6.07) is 7.13. The lowest BCUT2D eigenvalue weighted by Gasteiger charge is -2.23. The Bertz CT molecular complexity index is 425. The van der Waals surface area contributed by atoms with Crippen LogP contribution in [0.4, 0.5) is 4.39 Å². The molecule has 1 aromatic carbocycles. The minimum Gasteiger partial charge on any atom is -0.349 e. The van der Waals surface area contributed by atoms with Crippen molar-refractivity contribution in [2.45, 2.75) is 19.4 Å². The van der Waals surface area contributed by atoms with Crippen LogP contribution in [0.1, 0.15) is 30.5 Å². The minimum atomic E-state index is -0.202. The van der Waals surface area contributed by atoms with E-state index in [2.05, 4.69) is 5.32 Å². The standard InChI is InChI=1S/C12H12FNO/c1-8(15)14-12-7-6-11(13)9-4-2-3-5-10(9)12/h2-6,12H,7H2,1H3,(H,14,15)/t12-/m0/s1. The molecule has 1 aliphatic rings. The van der Waals surface area contributed by atoms with Crippen LogP contribution >= 0.6 is 0 Å². The minimum absolute atomic E-state index is 0.0921. The van der Waals surface area contributed by atoms with Gasteiger partial charge in [-0.3, -0.25) is 4.79 Å². The summed E-state index contributed by atoms with van der Waals surface area (Å²) in [5.41, 5.74) is 1.44. The molecule has 0 bridgehead atoms. The van der Waals surface area contributed by atoms with Gasteiger partial charge in [-0.05, 0) is 18.1 Å². The molecule has 3 heteroatoms. The summed E-state index contributed by atoms with van der Waals surface area (Å²) in [7, 11) is 0. The maximum absolute atomic E-state index is 13.4. The van der Waals surface area contributed by atoms with Gasteiger partial charge in [-0.1, -0.05) is 24.3 Å². The molecule has 15 heavy (non-hydrogen) atoms. The molecule has 0 aliphatic heterocycles. The topological polar surface area (TPSA) is 29.1 Å². The molecular formula is C12H12FNO. The van der Waals surface area contributed by atoms with E-state index in [1.54, 1.807) is 12.1 Å². The highest BCUT2D eigenvalue weighted by Gasteiger charge is 2.21. The number of nitrogens with one attached hydrogen (secondary N) is 1. The average Bonchev–Trinajstić information content (AvgIpc) is 2.22. The molecule has 2 rings (SSSR count). The van der Waals surface area contributed by atoms with Crippen LogP contribution in [0.25, 0.3) is 5.83 Å². The van der Waals surface area contributed by atoms with Crippen LogP contribution in [0.2, 0.25) is 0 Å². The van der Waals surface area contributed by atoms with Crippen molar-refractivity contribution in [2.24, 2.45) is 0 Å². The fourth-order valence-electron chi connectivity index (χ4n) is 1.86. The van der Waals surface area contributed by atoms with Crippen molar-refractivity contribution in [3.05, 3.63) is 41.5 Å². The fourth-order valence-corrected chi connectivity index (χ4v) is 1.86. The molecule has 1 amide bonds. The van der Waals surface area contributed by atoms with Crippen molar-refractivity contribution >= 4 is 11.7 Å². The monoisotopic (exact) mass is 205 g/mol. The Morgan fingerprint density at radius 1 is 1.47 bits per heavy atom. The third-order valence-electron chi connectivity index (χ3n) is 2.50. The molecule has 0 saturated heterocycles. The molecule has 1 aromatic rings. The smallest absolute Gasteiger partial charge is 0.217 e. The molecule has 0 radical (unpaired) electrons. The number of rotatable bonds is 1. The molecule has 78 valence electrons. The lowest BCUT2D eigenvalue weighted by atomic mass is 9.92. The summed E-state index contributed by atoms with van der Waals surface area (Å²) < 4.78 is 13.4. The highest BCUT2D eigenvalue weighted by molar-refractivity contribution is 5.75. The Hall–Kier alpha value is -1.64. The van der Waals surface area contributed by atoms with Crippen LogP contribution in [0.5, 0.6) is 0 Å². The third kappa shape index (κ3) is 1.91. The third-order valence-corrected chi connectivity index (χ3v) is 2.50. The van der Waals surface area contributed by atoms with Gasteiger partial charge < -0.3 is 5.32 Å². The first kappa shape index (κ1) is 9.90. The summed E-state index contributed by atoms with van der Waals surface area (Å²) >= 11 is 0. The summed E-state index contributed by atoms with van der Waals surface area (Å²) in [6.07, 6.45) is 2.03. The number of fused-ring (bicyclic) bond motifs is 1. The van der Waals surface area contributed by atoms with Gasteiger partial charge in [-0.2, -0.15) is 0 Å². The van der Waals surface area contributed by atoms with Crippen LogP contribution in [-0.2, 0) is 4.79 Å². The number of carbonyl (C=O) groups excluding carboxylic acids is 1. The van der Waals surface area contributed by atoms with E-state index in [-0.39, 0.29) is 17.8 Å². The van der Waals surface area contributed by atoms with E-state index in [1.807, 2.05) is 12.1 Å². The van der Waals surface area contributed by atoms with E-state index in [0.29, 0.717) is 12.0 Å². The normalized spacial score (nSPS) is 19.1. The van der Waals surface area contributed by atoms with E-state index in [0.717, 1.165) is 5.56 Å². The Morgan fingerprint density at radius 2 is 2.20 bits per heavy atom. The SMILES string of the molecule is CC(=O)N[C@H]1CC=C(F)c2ccccc21. The van der Waals surface area contributed by atoms with E-state index < -0.39 is 0 Å². The molecule has 0 saturated carbocycles. The molecule has 0 unspecified atom stereocenters. The number of carbonyl (C=O) groups is 1. The quantitative estimate of drug-likeness (QED) is 0.750. The predicted molar refractivity (Wildman–Crippen MR) is 56.7 cm³/mol. The summed E-state index contributed by atoms with van der Waals surface area (Å²) in [6.45, 7) is 1.47. The van der Waals surface area contributed by atoms with Gasteiger partial charge in [-0.15, -0.1) is 0 Å². The highest BCUT2D eigenvalue weighted by atomic mass is 19.1. The molecule has 1 N–H and O–H groups in total. The zero-order valence-corrected chi connectivity index (χ0v) is 8.46. The number of amides is 1. The van der Waals surface area contributed by atoms with Crippen molar-refractivity contribution in [3.8, 4) is 0 Å². The van der Waals surface area contributed by atoms with Gasteiger partial charge in [-0.25, -0.2) is 4.39 Å². The van der Waals surface area contributed by atoms with E-state index >= 15 is 0 Å². The number of halogens is 1. The second-order valence-electron chi connectivity index (χ2n) is 3.63. The van der Waals surface area contributed by atoms with Gasteiger partial charge in [0.2, 0.25) is 5.91 Å². The average molecular weight is 205 g/mol. The van der Waals surface area contributed by atoms with Crippen LogP contribution in [0, 0.1) is 0 Å². The van der Waals surface area contributed by atoms with Gasteiger partial charge in [0, 0.05) is 12.5 Å². The molecule has 0 aromatic heterocycles. The first-order valence-corrected chi connectivity index (χ1v) is 4.90. The van der Waals surface area contributed by atoms with Crippen molar-refractivity contribution in [2.75, 3.05) is 0 Å². The van der Waals surface area contributed by atoms with Crippen LogP contribution in [-0.4, -0.2) is 5.91 Å². The fraction of sp³-hybridized carbons (Fsp3) is 0.250. The lowest BCUT2D eigenvalue weighted by molar-refractivity contribution is -0.119. The first-order valence-electron chi connectivity index (χ1n) is 4.90. The maximum atomic E-state index is 13.4. The van der Waals surface area contributed by atoms with Gasteiger partial charge in [0.1, 0.15) is 5.83 Å². The lowest BCUT2D eigenvalue weighted by Crippen LogP contribution is -2.27. The Labute approximate surface area is 87.8 Å². The van der Waals surface area contributed by atoms with Crippen molar-refractivity contribution in [1.82, 2.24) is 5.32 Å². The molecular weight excluding hydrogens is 193 g/mol. The summed E-state index contributed by atoms with van der Waals surface area (Å²) in [5, 5.41) is 2.81. The van der Waals surface area contributed by atoms with Gasteiger partial charge in [0.25, 0.3) is 0 Å². The zero-order valence-electron chi connectivity index (χ0n) is 8.46. The Kier molecular flexibility index (Phi) is 2.54. The highest BCUT2D eigenvalue weighted by Crippen LogP contribution is 2.33. The van der Waals surface area contributed by atoms with Gasteiger partial charge >= 0.3 is 0 Å². The summed E-state index contributed by atoms with van der Waals surface area (Å²) in [5.74, 6) is -0.294. The number of benzene rings is 1. The molecule has 0 fully saturated rings. The first-order chi connectivity index (χ1) is 7.18. The molecule has 2 nitrogen and oxygen atoms in total. The van der Waals surface area contributed by atoms with Crippen LogP contribution in [0.3, 0.4) is 0 Å². The van der Waals surface area contributed by atoms with Gasteiger partial charge in [0.15, 0.2) is 0 Å². The van der Waals surface area contributed by atoms with Crippen LogP contribution in [0.15, 0.2) is 30.3 Å². The number of hydrogen-bond acceptors (Lipinski definition) is 1. The van der Waals surface area contributed by atoms with Crippen LogP contribution < -0.4 is 5.32 Å². The van der Waals surface area contributed by atoms with Crippen molar-refractivity contribution in [3.63, 3.8) is 0 Å².